The zero-order valence-electron chi connectivity index (χ0n) is 10.5. The molecule has 5 nitrogen and oxygen atoms in total. The van der Waals surface area contributed by atoms with Gasteiger partial charge in [0.05, 0.1) is 0 Å². The lowest BCUT2D eigenvalue weighted by molar-refractivity contribution is 0.468. The Morgan fingerprint density at radius 2 is 1.88 bits per heavy atom. The molecule has 0 N–H and O–H groups in total. The van der Waals surface area contributed by atoms with E-state index in [4.69, 9.17) is 10.7 Å². The van der Waals surface area contributed by atoms with Crippen molar-refractivity contribution in [3.8, 4) is 0 Å². The van der Waals surface area contributed by atoms with Crippen molar-refractivity contribution in [2.75, 3.05) is 0 Å². The summed E-state index contributed by atoms with van der Waals surface area (Å²) in [5.41, 5.74) is 0. The predicted octanol–water partition coefficient (Wildman–Crippen LogP) is 2.38. The average Bonchev–Trinajstić information content (AvgIpc) is 2.60. The van der Waals surface area contributed by atoms with Gasteiger partial charge in [0.1, 0.15) is 5.82 Å². The molecule has 98 valence electrons. The van der Waals surface area contributed by atoms with Gasteiger partial charge in [0.25, 0.3) is 14.2 Å². The Morgan fingerprint density at radius 1 is 1.29 bits per heavy atom. The summed E-state index contributed by atoms with van der Waals surface area (Å²) in [7, 11) is 1.51. The summed E-state index contributed by atoms with van der Waals surface area (Å²) in [6, 6.07) is 0. The summed E-state index contributed by atoms with van der Waals surface area (Å²) in [5, 5.41) is 7.52. The predicted molar refractivity (Wildman–Crippen MR) is 66.6 cm³/mol. The summed E-state index contributed by atoms with van der Waals surface area (Å²) in [6.45, 7) is 8.65. The van der Waals surface area contributed by atoms with Gasteiger partial charge in [-0.15, -0.1) is 10.2 Å². The molecule has 0 saturated carbocycles. The molecule has 1 aromatic heterocycles. The minimum absolute atomic E-state index is 0.140. The summed E-state index contributed by atoms with van der Waals surface area (Å²) >= 11 is 0. The van der Waals surface area contributed by atoms with Crippen molar-refractivity contribution in [1.29, 1.82) is 0 Å². The molecule has 0 radical (unpaired) electrons. The molecule has 17 heavy (non-hydrogen) atoms. The lowest BCUT2D eigenvalue weighted by Gasteiger charge is -2.16. The van der Waals surface area contributed by atoms with E-state index in [9.17, 15) is 8.42 Å². The van der Waals surface area contributed by atoms with Crippen LogP contribution >= 0.6 is 10.7 Å². The van der Waals surface area contributed by atoms with Gasteiger partial charge in [0.15, 0.2) is 0 Å². The van der Waals surface area contributed by atoms with Gasteiger partial charge in [-0.05, 0) is 12.3 Å². The molecule has 0 aromatic carbocycles. The van der Waals surface area contributed by atoms with E-state index in [2.05, 4.69) is 24.0 Å². The van der Waals surface area contributed by atoms with E-state index in [1.54, 1.807) is 4.57 Å². The van der Waals surface area contributed by atoms with Gasteiger partial charge < -0.3 is 4.57 Å². The molecule has 0 aliphatic heterocycles. The minimum atomic E-state index is -3.83. The van der Waals surface area contributed by atoms with E-state index in [1.165, 1.54) is 0 Å². The van der Waals surface area contributed by atoms with Crippen molar-refractivity contribution in [1.82, 2.24) is 14.8 Å². The molecular weight excluding hydrogens is 262 g/mol. The van der Waals surface area contributed by atoms with Gasteiger partial charge in [0.2, 0.25) is 0 Å². The summed E-state index contributed by atoms with van der Waals surface area (Å²) in [4.78, 5) is 0. The summed E-state index contributed by atoms with van der Waals surface area (Å²) < 4.78 is 24.4. The van der Waals surface area contributed by atoms with Crippen molar-refractivity contribution >= 4 is 19.7 Å². The second kappa shape index (κ2) is 5.35. The highest BCUT2D eigenvalue weighted by molar-refractivity contribution is 8.13. The van der Waals surface area contributed by atoms with Crippen LogP contribution in [0.5, 0.6) is 0 Å². The van der Waals surface area contributed by atoms with E-state index < -0.39 is 9.05 Å². The third-order valence-electron chi connectivity index (χ3n) is 2.82. The second-order valence-electron chi connectivity index (χ2n) is 4.46. The third kappa shape index (κ3) is 3.19. The lowest BCUT2D eigenvalue weighted by Crippen LogP contribution is -2.14. The zero-order valence-corrected chi connectivity index (χ0v) is 12.1. The minimum Gasteiger partial charge on any atom is -0.301 e. The first-order chi connectivity index (χ1) is 7.79. The van der Waals surface area contributed by atoms with Crippen LogP contribution < -0.4 is 0 Å². The van der Waals surface area contributed by atoms with Gasteiger partial charge in [-0.25, -0.2) is 8.42 Å². The maximum Gasteiger partial charge on any atom is 0.296 e. The van der Waals surface area contributed by atoms with Gasteiger partial charge in [-0.3, -0.25) is 0 Å². The number of halogens is 1. The number of rotatable bonds is 5. The monoisotopic (exact) mass is 279 g/mol. The molecule has 1 atom stereocenters. The quantitative estimate of drug-likeness (QED) is 0.776. The molecule has 0 aliphatic carbocycles. The summed E-state index contributed by atoms with van der Waals surface area (Å²) in [6.07, 6.45) is 0.801. The molecule has 1 aromatic rings. The van der Waals surface area contributed by atoms with Crippen LogP contribution in [0.15, 0.2) is 5.16 Å². The zero-order chi connectivity index (χ0) is 13.2. The van der Waals surface area contributed by atoms with Crippen LogP contribution in [0.25, 0.3) is 0 Å². The highest BCUT2D eigenvalue weighted by Crippen LogP contribution is 2.25. The first-order valence-corrected chi connectivity index (χ1v) is 7.97. The fourth-order valence-electron chi connectivity index (χ4n) is 1.55. The normalized spacial score (nSPS) is 14.2. The Morgan fingerprint density at radius 3 is 2.29 bits per heavy atom. The topological polar surface area (TPSA) is 64.8 Å². The van der Waals surface area contributed by atoms with Crippen LogP contribution in [0.4, 0.5) is 0 Å². The summed E-state index contributed by atoms with van der Waals surface area (Å²) in [5.74, 6) is 1.18. The van der Waals surface area contributed by atoms with Gasteiger partial charge in [-0.2, -0.15) is 0 Å². The fourth-order valence-corrected chi connectivity index (χ4v) is 2.48. The van der Waals surface area contributed by atoms with Crippen LogP contribution in [-0.4, -0.2) is 23.2 Å². The molecule has 1 heterocycles. The largest absolute Gasteiger partial charge is 0.301 e. The molecule has 0 bridgehead atoms. The maximum absolute atomic E-state index is 11.4. The van der Waals surface area contributed by atoms with Crippen molar-refractivity contribution in [2.24, 2.45) is 5.92 Å². The molecule has 0 spiro atoms. The molecule has 7 heteroatoms. The molecule has 0 aliphatic rings. The van der Waals surface area contributed by atoms with Crippen LogP contribution in [0.1, 0.15) is 45.9 Å². The highest BCUT2D eigenvalue weighted by Gasteiger charge is 2.25. The van der Waals surface area contributed by atoms with Crippen LogP contribution in [0, 0.1) is 5.92 Å². The Kier molecular flexibility index (Phi) is 4.55. The van der Waals surface area contributed by atoms with Crippen molar-refractivity contribution in [3.05, 3.63) is 5.82 Å². The van der Waals surface area contributed by atoms with E-state index in [0.29, 0.717) is 18.3 Å². The first-order valence-electron chi connectivity index (χ1n) is 5.66. The Bertz CT molecular complexity index is 482. The van der Waals surface area contributed by atoms with Crippen LogP contribution in [-0.2, 0) is 15.6 Å². The molecule has 1 unspecified atom stereocenters. The maximum atomic E-state index is 11.4. The lowest BCUT2D eigenvalue weighted by atomic mass is 9.97. The third-order valence-corrected chi connectivity index (χ3v) is 3.97. The van der Waals surface area contributed by atoms with Crippen LogP contribution in [0.2, 0.25) is 0 Å². The highest BCUT2D eigenvalue weighted by atomic mass is 35.7. The Hall–Kier alpha value is -0.620. The number of nitrogens with zero attached hydrogens (tertiary/aromatic N) is 3. The number of aromatic nitrogens is 3. The molecule has 0 amide bonds. The standard InChI is InChI=1S/C10H18ClN3O2S/c1-5-6-14-9(8(4)7(2)3)12-13-10(14)17(11,15)16/h7-8H,5-6H2,1-4H3. The molecule has 0 fully saturated rings. The van der Waals surface area contributed by atoms with E-state index in [1.807, 2.05) is 13.8 Å². The Balaban J connectivity index is 3.29. The van der Waals surface area contributed by atoms with Gasteiger partial charge >= 0.3 is 0 Å². The van der Waals surface area contributed by atoms with E-state index in [0.717, 1.165) is 6.42 Å². The van der Waals surface area contributed by atoms with Crippen molar-refractivity contribution < 1.29 is 8.42 Å². The first kappa shape index (κ1) is 14.4. The second-order valence-corrected chi connectivity index (χ2v) is 6.92. The van der Waals surface area contributed by atoms with E-state index in [-0.39, 0.29) is 11.1 Å². The van der Waals surface area contributed by atoms with Crippen molar-refractivity contribution in [2.45, 2.75) is 51.7 Å². The molecule has 1 rings (SSSR count). The smallest absolute Gasteiger partial charge is 0.296 e. The van der Waals surface area contributed by atoms with Crippen molar-refractivity contribution in [3.63, 3.8) is 0 Å². The number of hydrogen-bond acceptors (Lipinski definition) is 4. The average molecular weight is 280 g/mol. The Labute approximate surface area is 107 Å². The van der Waals surface area contributed by atoms with Crippen LogP contribution in [0.3, 0.4) is 0 Å². The van der Waals surface area contributed by atoms with Gasteiger partial charge in [0, 0.05) is 23.1 Å². The molecular formula is C10H18ClN3O2S. The molecule has 0 saturated heterocycles. The number of hydrogen-bond donors (Lipinski definition) is 0. The van der Waals surface area contributed by atoms with Gasteiger partial charge in [-0.1, -0.05) is 27.7 Å². The SMILES string of the molecule is CCCn1c(C(C)C(C)C)nnc1S(=O)(=O)Cl. The van der Waals surface area contributed by atoms with E-state index >= 15 is 0 Å². The fraction of sp³-hybridized carbons (Fsp3) is 0.800.